The molecular weight excluding hydrogens is 418 g/mol. The van der Waals surface area contributed by atoms with Gasteiger partial charge in [-0.2, -0.15) is 0 Å². The van der Waals surface area contributed by atoms with Crippen molar-refractivity contribution in [2.75, 3.05) is 6.54 Å². The Balaban J connectivity index is 1.84. The Labute approximate surface area is 186 Å². The van der Waals surface area contributed by atoms with Crippen molar-refractivity contribution in [1.82, 2.24) is 14.9 Å². The van der Waals surface area contributed by atoms with E-state index in [0.29, 0.717) is 35.8 Å². The lowest BCUT2D eigenvalue weighted by Gasteiger charge is -2.34. The van der Waals surface area contributed by atoms with Crippen LogP contribution in [0.1, 0.15) is 69.0 Å². The van der Waals surface area contributed by atoms with Crippen molar-refractivity contribution in [2.45, 2.75) is 64.3 Å². The molecule has 1 aromatic carbocycles. The van der Waals surface area contributed by atoms with Crippen molar-refractivity contribution in [1.29, 1.82) is 0 Å². The highest BCUT2D eigenvalue weighted by Gasteiger charge is 2.31. The molecule has 8 heteroatoms. The number of carboxylic acid groups (broad SMARTS) is 1. The fraction of sp³-hybridized carbons (Fsp3) is 0.478. The van der Waals surface area contributed by atoms with E-state index in [9.17, 15) is 14.4 Å². The van der Waals surface area contributed by atoms with Crippen LogP contribution in [0.5, 0.6) is 0 Å². The summed E-state index contributed by atoms with van der Waals surface area (Å²) in [5, 5.41) is 9.37. The quantitative estimate of drug-likeness (QED) is 0.558. The molecule has 0 aliphatic carbocycles. The maximum absolute atomic E-state index is 12.9. The highest BCUT2D eigenvalue weighted by Crippen LogP contribution is 2.31. The van der Waals surface area contributed by atoms with Crippen LogP contribution in [-0.4, -0.2) is 38.4 Å². The van der Waals surface area contributed by atoms with E-state index in [0.717, 1.165) is 30.5 Å². The minimum absolute atomic E-state index is 0.0000183. The molecule has 7 nitrogen and oxygen atoms in total. The molecule has 2 aromatic rings. The number of fused-ring (bicyclic) bond motifs is 1. The lowest BCUT2D eigenvalue weighted by atomic mass is 9.90. The van der Waals surface area contributed by atoms with Crippen LogP contribution in [0, 0.1) is 0 Å². The van der Waals surface area contributed by atoms with Crippen LogP contribution in [0.25, 0.3) is 11.4 Å². The summed E-state index contributed by atoms with van der Waals surface area (Å²) in [6, 6.07) is 7.17. The number of aromatic amines is 1. The summed E-state index contributed by atoms with van der Waals surface area (Å²) < 4.78 is 0. The molecule has 1 aromatic heterocycles. The average Bonchev–Trinajstić information content (AvgIpc) is 2.75. The van der Waals surface area contributed by atoms with Crippen molar-refractivity contribution < 1.29 is 14.7 Å². The largest absolute Gasteiger partial charge is 0.481 e. The van der Waals surface area contributed by atoms with E-state index in [2.05, 4.69) is 11.9 Å². The first-order valence-electron chi connectivity index (χ1n) is 10.8. The molecule has 1 amide bonds. The van der Waals surface area contributed by atoms with Crippen molar-refractivity contribution in [3.05, 3.63) is 50.9 Å². The summed E-state index contributed by atoms with van der Waals surface area (Å²) in [6.45, 7) is 2.87. The highest BCUT2D eigenvalue weighted by atomic mass is 35.5. The number of amides is 1. The molecule has 0 saturated heterocycles. The molecule has 1 atom stereocenters. The van der Waals surface area contributed by atoms with Gasteiger partial charge in [-0.25, -0.2) is 4.98 Å². The summed E-state index contributed by atoms with van der Waals surface area (Å²) in [5.41, 5.74) is 1.89. The van der Waals surface area contributed by atoms with Crippen LogP contribution < -0.4 is 5.56 Å². The summed E-state index contributed by atoms with van der Waals surface area (Å²) in [6.07, 6.45) is 4.19. The van der Waals surface area contributed by atoms with E-state index in [1.54, 1.807) is 17.0 Å². The van der Waals surface area contributed by atoms with Gasteiger partial charge in [0.25, 0.3) is 5.56 Å². The number of aromatic nitrogens is 2. The Bertz CT molecular complexity index is 987. The van der Waals surface area contributed by atoms with Crippen LogP contribution in [0.2, 0.25) is 5.02 Å². The first-order valence-corrected chi connectivity index (χ1v) is 11.2. The fourth-order valence-electron chi connectivity index (χ4n) is 3.94. The molecule has 1 aliphatic rings. The normalized spacial score (nSPS) is 15.5. The number of hydrogen-bond donors (Lipinski definition) is 2. The molecule has 31 heavy (non-hydrogen) atoms. The summed E-state index contributed by atoms with van der Waals surface area (Å²) >= 11 is 5.97. The maximum Gasteiger partial charge on any atom is 0.303 e. The molecule has 2 N–H and O–H groups in total. The third kappa shape index (κ3) is 5.94. The fourth-order valence-corrected chi connectivity index (χ4v) is 4.06. The van der Waals surface area contributed by atoms with Gasteiger partial charge in [-0.05, 0) is 43.5 Å². The van der Waals surface area contributed by atoms with Crippen molar-refractivity contribution in [3.8, 4) is 11.4 Å². The van der Waals surface area contributed by atoms with E-state index in [1.807, 2.05) is 12.1 Å². The summed E-state index contributed by atoms with van der Waals surface area (Å²) in [7, 11) is 0. The lowest BCUT2D eigenvalue weighted by Crippen LogP contribution is -2.41. The second kappa shape index (κ2) is 10.6. The minimum atomic E-state index is -0.854. The number of rotatable bonds is 9. The Morgan fingerprint density at radius 3 is 2.58 bits per heavy atom. The van der Waals surface area contributed by atoms with Gasteiger partial charge >= 0.3 is 5.97 Å². The van der Waals surface area contributed by atoms with Gasteiger partial charge in [-0.15, -0.1) is 0 Å². The Kier molecular flexibility index (Phi) is 7.85. The summed E-state index contributed by atoms with van der Waals surface area (Å²) in [4.78, 5) is 45.7. The number of carbonyl (C=O) groups is 2. The molecule has 0 saturated carbocycles. The first-order chi connectivity index (χ1) is 14.9. The second-order valence-corrected chi connectivity index (χ2v) is 8.44. The number of carboxylic acids is 1. The number of halogens is 1. The van der Waals surface area contributed by atoms with Gasteiger partial charge in [0.15, 0.2) is 0 Å². The van der Waals surface area contributed by atoms with Crippen LogP contribution in [0.4, 0.5) is 0 Å². The predicted octanol–water partition coefficient (Wildman–Crippen LogP) is 4.35. The molecule has 0 spiro atoms. The van der Waals surface area contributed by atoms with Crippen LogP contribution in [-0.2, 0) is 16.1 Å². The number of carbonyl (C=O) groups excluding carboxylic acids is 1. The SMILES string of the molecule is CCCCC1CN(C(=O)CCCCC(=O)O)Cc2c1nc(-c1ccc(Cl)cc1)[nH]c2=O. The van der Waals surface area contributed by atoms with Crippen LogP contribution in [0.15, 0.2) is 29.1 Å². The number of nitrogens with one attached hydrogen (secondary N) is 1. The van der Waals surface area contributed by atoms with Gasteiger partial charge in [-0.1, -0.05) is 31.4 Å². The topological polar surface area (TPSA) is 103 Å². The minimum Gasteiger partial charge on any atom is -0.481 e. The van der Waals surface area contributed by atoms with E-state index in [-0.39, 0.29) is 36.8 Å². The van der Waals surface area contributed by atoms with Gasteiger partial charge in [0.05, 0.1) is 17.8 Å². The third-order valence-electron chi connectivity index (χ3n) is 5.63. The molecule has 166 valence electrons. The number of aliphatic carboxylic acids is 1. The Hall–Kier alpha value is -2.67. The molecule has 2 heterocycles. The molecular formula is C23H28ClN3O4. The zero-order valence-electron chi connectivity index (χ0n) is 17.7. The van der Waals surface area contributed by atoms with Crippen molar-refractivity contribution in [3.63, 3.8) is 0 Å². The van der Waals surface area contributed by atoms with Gasteiger partial charge < -0.3 is 15.0 Å². The molecule has 1 aliphatic heterocycles. The number of unbranched alkanes of at least 4 members (excludes halogenated alkanes) is 2. The zero-order chi connectivity index (χ0) is 22.4. The number of nitrogens with zero attached hydrogens (tertiary/aromatic N) is 2. The van der Waals surface area contributed by atoms with E-state index < -0.39 is 5.97 Å². The van der Waals surface area contributed by atoms with Gasteiger partial charge in [0.2, 0.25) is 5.91 Å². The monoisotopic (exact) mass is 445 g/mol. The number of benzene rings is 1. The highest BCUT2D eigenvalue weighted by molar-refractivity contribution is 6.30. The molecule has 3 rings (SSSR count). The third-order valence-corrected chi connectivity index (χ3v) is 5.88. The summed E-state index contributed by atoms with van der Waals surface area (Å²) in [5.74, 6) is -0.387. The van der Waals surface area contributed by atoms with E-state index >= 15 is 0 Å². The molecule has 0 bridgehead atoms. The van der Waals surface area contributed by atoms with Crippen LogP contribution >= 0.6 is 11.6 Å². The lowest BCUT2D eigenvalue weighted by molar-refractivity contribution is -0.137. The van der Waals surface area contributed by atoms with Crippen molar-refractivity contribution >= 4 is 23.5 Å². The molecule has 0 radical (unpaired) electrons. The Morgan fingerprint density at radius 1 is 1.19 bits per heavy atom. The number of hydrogen-bond acceptors (Lipinski definition) is 4. The molecule has 0 fully saturated rings. The van der Waals surface area contributed by atoms with E-state index in [1.165, 1.54) is 0 Å². The molecule has 1 unspecified atom stereocenters. The predicted molar refractivity (Wildman–Crippen MR) is 119 cm³/mol. The maximum atomic E-state index is 12.9. The first kappa shape index (κ1) is 23.0. The van der Waals surface area contributed by atoms with E-state index in [4.69, 9.17) is 21.7 Å². The van der Waals surface area contributed by atoms with Gasteiger partial charge in [-0.3, -0.25) is 14.4 Å². The standard InChI is InChI=1S/C23H28ClN3O4/c1-2-3-6-16-13-27(19(28)7-4-5-8-20(29)30)14-18-21(16)25-22(26-23(18)31)15-9-11-17(24)12-10-15/h9-12,16H,2-8,13-14H2,1H3,(H,29,30)(H,25,26,31). The smallest absolute Gasteiger partial charge is 0.303 e. The Morgan fingerprint density at radius 2 is 1.90 bits per heavy atom. The zero-order valence-corrected chi connectivity index (χ0v) is 18.5. The van der Waals surface area contributed by atoms with Gasteiger partial charge in [0, 0.05) is 35.9 Å². The van der Waals surface area contributed by atoms with Crippen LogP contribution in [0.3, 0.4) is 0 Å². The van der Waals surface area contributed by atoms with Gasteiger partial charge in [0.1, 0.15) is 5.82 Å². The number of H-pyrrole nitrogens is 1. The second-order valence-electron chi connectivity index (χ2n) is 8.00. The average molecular weight is 446 g/mol. The van der Waals surface area contributed by atoms with Crippen molar-refractivity contribution in [2.24, 2.45) is 0 Å².